The first-order chi connectivity index (χ1) is 29.8. The molecule has 6 N–H and O–H groups in total. The number of fused-ring (bicyclic) bond motifs is 2. The maximum atomic E-state index is 5.98. The number of benzene rings is 2. The first-order valence-electron chi connectivity index (χ1n) is 20.1. The number of aromatic nitrogens is 9. The van der Waals surface area contributed by atoms with Gasteiger partial charge in [0, 0.05) is 94.2 Å². The number of aromatic amines is 2. The standard InChI is InChI=1S/C25H22N6.C25H21N5/c1-15-4-3-5-22(29-15)25-30-23(21-10-11-28-24(21)31-25)20-12-19(13-27-14-20)18-8-6-17(7-9-18)16(2)26;1-16-3-2-4-23(29-16)24-12-22(21-9-10-28-25(21)30-24)20-11-19(14-27-15-20)18-7-5-17(13-26)6-8-18/h3-14,16H,26H2,1-2H3,(H,28,30,31);2-12,14-15H,13,26H2,1H3,(H,28,30). The summed E-state index contributed by atoms with van der Waals surface area (Å²) in [6, 6.07) is 38.8. The van der Waals surface area contributed by atoms with Gasteiger partial charge in [-0.15, -0.1) is 0 Å². The second-order valence-electron chi connectivity index (χ2n) is 15.0. The van der Waals surface area contributed by atoms with Gasteiger partial charge in [-0.25, -0.2) is 19.9 Å². The third-order valence-corrected chi connectivity index (χ3v) is 10.6. The highest BCUT2D eigenvalue weighted by molar-refractivity contribution is 5.96. The molecule has 1 atom stereocenters. The molecular formula is C50H43N11. The van der Waals surface area contributed by atoms with E-state index < -0.39 is 0 Å². The summed E-state index contributed by atoms with van der Waals surface area (Å²) in [6.45, 7) is 6.47. The van der Waals surface area contributed by atoms with Crippen LogP contribution < -0.4 is 11.5 Å². The van der Waals surface area contributed by atoms with Crippen molar-refractivity contribution in [1.29, 1.82) is 0 Å². The van der Waals surface area contributed by atoms with Gasteiger partial charge >= 0.3 is 0 Å². The monoisotopic (exact) mass is 797 g/mol. The van der Waals surface area contributed by atoms with E-state index >= 15 is 0 Å². The predicted octanol–water partition coefficient (Wildman–Crippen LogP) is 10.2. The molecule has 0 spiro atoms. The van der Waals surface area contributed by atoms with Crippen molar-refractivity contribution in [2.45, 2.75) is 33.4 Å². The van der Waals surface area contributed by atoms with Crippen molar-refractivity contribution >= 4 is 22.1 Å². The van der Waals surface area contributed by atoms with E-state index in [0.717, 1.165) is 106 Å². The number of aryl methyl sites for hydroxylation is 2. The Morgan fingerprint density at radius 3 is 1.75 bits per heavy atom. The fraction of sp³-hybridized carbons (Fsp3) is 0.100. The molecule has 0 aliphatic carbocycles. The largest absolute Gasteiger partial charge is 0.346 e. The Bertz CT molecular complexity index is 3130. The summed E-state index contributed by atoms with van der Waals surface area (Å²) in [4.78, 5) is 39.0. The summed E-state index contributed by atoms with van der Waals surface area (Å²) >= 11 is 0. The molecule has 0 fully saturated rings. The molecule has 11 heteroatoms. The minimum absolute atomic E-state index is 0.00931. The van der Waals surface area contributed by atoms with E-state index in [4.69, 9.17) is 21.4 Å². The van der Waals surface area contributed by atoms with Crippen LogP contribution in [-0.2, 0) is 6.54 Å². The van der Waals surface area contributed by atoms with Gasteiger partial charge in [-0.1, -0.05) is 60.7 Å². The van der Waals surface area contributed by atoms with Gasteiger partial charge in [0.25, 0.3) is 0 Å². The minimum atomic E-state index is 0.00931. The number of hydrogen-bond acceptors (Lipinski definition) is 9. The number of nitrogens with two attached hydrogens (primary N) is 2. The number of H-pyrrole nitrogens is 2. The van der Waals surface area contributed by atoms with E-state index in [2.05, 4.69) is 102 Å². The molecule has 298 valence electrons. The fourth-order valence-electron chi connectivity index (χ4n) is 7.32. The van der Waals surface area contributed by atoms with Crippen molar-refractivity contribution in [3.05, 3.63) is 175 Å². The van der Waals surface area contributed by atoms with Crippen LogP contribution in [0.5, 0.6) is 0 Å². The van der Waals surface area contributed by atoms with Crippen LogP contribution in [-0.4, -0.2) is 44.9 Å². The quantitative estimate of drug-likeness (QED) is 0.117. The molecule has 0 bridgehead atoms. The van der Waals surface area contributed by atoms with Crippen LogP contribution >= 0.6 is 0 Å². The van der Waals surface area contributed by atoms with Crippen molar-refractivity contribution in [2.75, 3.05) is 0 Å². The van der Waals surface area contributed by atoms with Crippen LogP contribution in [0.1, 0.15) is 35.5 Å². The molecule has 11 nitrogen and oxygen atoms in total. The zero-order valence-corrected chi connectivity index (χ0v) is 34.0. The Balaban J connectivity index is 0.000000156. The number of nitrogens with one attached hydrogen (secondary N) is 2. The van der Waals surface area contributed by atoms with Crippen LogP contribution in [0.2, 0.25) is 0 Å². The molecule has 10 aromatic rings. The lowest BCUT2D eigenvalue weighted by molar-refractivity contribution is 0.818. The molecule has 10 rings (SSSR count). The smallest absolute Gasteiger partial charge is 0.180 e. The molecule has 1 unspecified atom stereocenters. The predicted molar refractivity (Wildman–Crippen MR) is 244 cm³/mol. The highest BCUT2D eigenvalue weighted by Gasteiger charge is 2.16. The average Bonchev–Trinajstić information content (AvgIpc) is 3.99. The van der Waals surface area contributed by atoms with Crippen molar-refractivity contribution in [1.82, 2.24) is 44.9 Å². The molecule has 0 saturated carbocycles. The van der Waals surface area contributed by atoms with Crippen molar-refractivity contribution in [2.24, 2.45) is 11.5 Å². The average molecular weight is 798 g/mol. The van der Waals surface area contributed by atoms with Crippen LogP contribution in [0.25, 0.3) is 89.6 Å². The lowest BCUT2D eigenvalue weighted by atomic mass is 9.99. The van der Waals surface area contributed by atoms with Gasteiger partial charge in [0.1, 0.15) is 17.0 Å². The van der Waals surface area contributed by atoms with Crippen molar-refractivity contribution < 1.29 is 0 Å². The molecule has 0 radical (unpaired) electrons. The van der Waals surface area contributed by atoms with Gasteiger partial charge in [0.2, 0.25) is 0 Å². The highest BCUT2D eigenvalue weighted by atomic mass is 15.0. The number of rotatable bonds is 8. The van der Waals surface area contributed by atoms with Crippen LogP contribution in [0.3, 0.4) is 0 Å². The number of hydrogen-bond donors (Lipinski definition) is 4. The molecule has 8 heterocycles. The van der Waals surface area contributed by atoms with E-state index in [1.807, 2.05) is 106 Å². The Hall–Kier alpha value is -7.73. The summed E-state index contributed by atoms with van der Waals surface area (Å²) in [7, 11) is 0. The molecule has 61 heavy (non-hydrogen) atoms. The molecule has 2 aromatic carbocycles. The third kappa shape index (κ3) is 8.28. The van der Waals surface area contributed by atoms with E-state index in [9.17, 15) is 0 Å². The summed E-state index contributed by atoms with van der Waals surface area (Å²) in [5, 5.41) is 2.01. The number of pyridine rings is 5. The second-order valence-corrected chi connectivity index (χ2v) is 15.0. The van der Waals surface area contributed by atoms with Crippen LogP contribution in [0, 0.1) is 13.8 Å². The molecular weight excluding hydrogens is 755 g/mol. The normalized spacial score (nSPS) is 11.7. The lowest BCUT2D eigenvalue weighted by Gasteiger charge is -2.10. The van der Waals surface area contributed by atoms with Crippen LogP contribution in [0.4, 0.5) is 0 Å². The first kappa shape index (κ1) is 38.8. The molecule has 0 aliphatic heterocycles. The van der Waals surface area contributed by atoms with E-state index in [0.29, 0.717) is 12.4 Å². The van der Waals surface area contributed by atoms with Gasteiger partial charge in [0.15, 0.2) is 5.82 Å². The zero-order valence-electron chi connectivity index (χ0n) is 34.0. The first-order valence-corrected chi connectivity index (χ1v) is 20.1. The summed E-state index contributed by atoms with van der Waals surface area (Å²) in [5.41, 5.74) is 28.0. The van der Waals surface area contributed by atoms with Gasteiger partial charge in [-0.3, -0.25) is 15.0 Å². The van der Waals surface area contributed by atoms with Gasteiger partial charge < -0.3 is 21.4 Å². The Labute approximate surface area is 353 Å². The maximum Gasteiger partial charge on any atom is 0.180 e. The Morgan fingerprint density at radius 1 is 0.525 bits per heavy atom. The van der Waals surface area contributed by atoms with E-state index in [1.54, 1.807) is 0 Å². The van der Waals surface area contributed by atoms with Gasteiger partial charge in [-0.2, -0.15) is 0 Å². The minimum Gasteiger partial charge on any atom is -0.346 e. The summed E-state index contributed by atoms with van der Waals surface area (Å²) < 4.78 is 0. The van der Waals surface area contributed by atoms with Gasteiger partial charge in [-0.05, 0) is 103 Å². The van der Waals surface area contributed by atoms with E-state index in [-0.39, 0.29) is 6.04 Å². The Kier molecular flexibility index (Phi) is 10.7. The summed E-state index contributed by atoms with van der Waals surface area (Å²) in [5.74, 6) is 0.584. The van der Waals surface area contributed by atoms with Crippen molar-refractivity contribution in [3.8, 4) is 67.5 Å². The molecule has 8 aromatic heterocycles. The fourth-order valence-corrected chi connectivity index (χ4v) is 7.32. The summed E-state index contributed by atoms with van der Waals surface area (Å²) in [6.07, 6.45) is 11.3. The lowest BCUT2D eigenvalue weighted by Crippen LogP contribution is -2.04. The topological polar surface area (TPSA) is 174 Å². The molecule has 0 aliphatic rings. The number of nitrogens with zero attached hydrogens (tertiary/aromatic N) is 7. The van der Waals surface area contributed by atoms with Gasteiger partial charge in [0.05, 0.1) is 17.1 Å². The highest BCUT2D eigenvalue weighted by Crippen LogP contribution is 2.34. The third-order valence-electron chi connectivity index (χ3n) is 10.6. The maximum absolute atomic E-state index is 5.98. The Morgan fingerprint density at radius 2 is 1.10 bits per heavy atom. The second kappa shape index (κ2) is 16.9. The van der Waals surface area contributed by atoms with Crippen molar-refractivity contribution in [3.63, 3.8) is 0 Å². The van der Waals surface area contributed by atoms with E-state index in [1.165, 1.54) is 0 Å². The molecule has 0 amide bonds. The molecule has 0 saturated heterocycles. The van der Waals surface area contributed by atoms with Crippen LogP contribution in [0.15, 0.2) is 152 Å². The SMILES string of the molecule is Cc1cccc(-c2cc(-c3cncc(-c4ccc(CN)cc4)c3)c3cc[nH]c3n2)n1.Cc1cccc(-c2nc(-c3cncc(-c4ccc(C(C)N)cc4)c3)c3cc[nH]c3n2)n1. The zero-order chi connectivity index (χ0) is 41.9.